The second-order valence-electron chi connectivity index (χ2n) is 5.95. The van der Waals surface area contributed by atoms with Gasteiger partial charge in [0.1, 0.15) is 0 Å². The zero-order valence-electron chi connectivity index (χ0n) is 12.9. The average molecular weight is 297 g/mol. The van der Waals surface area contributed by atoms with E-state index in [2.05, 4.69) is 15.8 Å². The van der Waals surface area contributed by atoms with Crippen LogP contribution in [0.2, 0.25) is 0 Å². The van der Waals surface area contributed by atoms with Crippen LogP contribution in [0.25, 0.3) is 0 Å². The third-order valence-corrected chi connectivity index (χ3v) is 3.12. The van der Waals surface area contributed by atoms with Crippen molar-refractivity contribution in [2.75, 3.05) is 0 Å². The van der Waals surface area contributed by atoms with Gasteiger partial charge in [0, 0.05) is 28.4 Å². The van der Waals surface area contributed by atoms with Gasteiger partial charge in [-0.05, 0) is 24.3 Å². The number of nitrogens with zero attached hydrogens (tertiary/aromatic N) is 1. The molecule has 114 valence electrons. The Hall–Kier alpha value is -2.69. The third kappa shape index (κ3) is 3.91. The van der Waals surface area contributed by atoms with Gasteiger partial charge in [-0.3, -0.25) is 25.4 Å². The highest BCUT2D eigenvalue weighted by atomic mass is 16.2. The number of carbonyl (C=O) groups is 2. The van der Waals surface area contributed by atoms with Gasteiger partial charge in [0.05, 0.1) is 0 Å². The molecule has 0 saturated heterocycles. The molecule has 1 aromatic carbocycles. The fourth-order valence-corrected chi connectivity index (χ4v) is 1.83. The first-order valence-corrected chi connectivity index (χ1v) is 7.00. The standard InChI is InChI=1S/C17H19N3O2/c1-17(2,3)14-11-13(9-10-18-14)16(22)20-19-15(21)12-7-5-4-6-8-12/h4-11H,1-3H3,(H,19,21)(H,20,22). The van der Waals surface area contributed by atoms with Crippen LogP contribution in [0.3, 0.4) is 0 Å². The van der Waals surface area contributed by atoms with Crippen LogP contribution in [-0.2, 0) is 5.41 Å². The minimum absolute atomic E-state index is 0.149. The summed E-state index contributed by atoms with van der Waals surface area (Å²) in [6.07, 6.45) is 1.59. The van der Waals surface area contributed by atoms with Crippen LogP contribution in [0.15, 0.2) is 48.7 Å². The Morgan fingerprint density at radius 2 is 1.50 bits per heavy atom. The van der Waals surface area contributed by atoms with Gasteiger partial charge in [0.15, 0.2) is 0 Å². The summed E-state index contributed by atoms with van der Waals surface area (Å²) in [6.45, 7) is 6.07. The average Bonchev–Trinajstić information content (AvgIpc) is 2.52. The summed E-state index contributed by atoms with van der Waals surface area (Å²) in [5.41, 5.74) is 6.40. The number of benzene rings is 1. The Bertz CT molecular complexity index is 676. The molecule has 2 aromatic rings. The number of carbonyl (C=O) groups excluding carboxylic acids is 2. The van der Waals surface area contributed by atoms with Gasteiger partial charge < -0.3 is 0 Å². The molecule has 0 bridgehead atoms. The van der Waals surface area contributed by atoms with Crippen molar-refractivity contribution in [1.82, 2.24) is 15.8 Å². The molecule has 0 aliphatic heterocycles. The van der Waals surface area contributed by atoms with Gasteiger partial charge in [0.25, 0.3) is 11.8 Å². The van der Waals surface area contributed by atoms with Crippen molar-refractivity contribution in [3.8, 4) is 0 Å². The van der Waals surface area contributed by atoms with Crippen molar-refractivity contribution in [3.05, 3.63) is 65.5 Å². The second-order valence-corrected chi connectivity index (χ2v) is 5.95. The number of rotatable bonds is 2. The highest BCUT2D eigenvalue weighted by Crippen LogP contribution is 2.20. The zero-order chi connectivity index (χ0) is 16.2. The van der Waals surface area contributed by atoms with E-state index in [1.807, 2.05) is 26.8 Å². The number of hydrazine groups is 1. The first-order chi connectivity index (χ1) is 10.4. The fourth-order valence-electron chi connectivity index (χ4n) is 1.83. The molecule has 0 atom stereocenters. The normalized spacial score (nSPS) is 10.9. The van der Waals surface area contributed by atoms with Gasteiger partial charge in [0.2, 0.25) is 0 Å². The summed E-state index contributed by atoms with van der Waals surface area (Å²) in [4.78, 5) is 28.2. The molecule has 5 heteroatoms. The molecule has 0 saturated carbocycles. The van der Waals surface area contributed by atoms with Gasteiger partial charge in [-0.15, -0.1) is 0 Å². The van der Waals surface area contributed by atoms with E-state index in [-0.39, 0.29) is 17.2 Å². The summed E-state index contributed by atoms with van der Waals surface area (Å²) in [5, 5.41) is 0. The van der Waals surface area contributed by atoms with Gasteiger partial charge in [-0.25, -0.2) is 0 Å². The van der Waals surface area contributed by atoms with Gasteiger partial charge >= 0.3 is 0 Å². The van der Waals surface area contributed by atoms with E-state index < -0.39 is 0 Å². The van der Waals surface area contributed by atoms with Crippen molar-refractivity contribution < 1.29 is 9.59 Å². The second kappa shape index (κ2) is 6.39. The quantitative estimate of drug-likeness (QED) is 0.836. The van der Waals surface area contributed by atoms with Crippen LogP contribution in [0.5, 0.6) is 0 Å². The molecule has 5 nitrogen and oxygen atoms in total. The van der Waals surface area contributed by atoms with E-state index in [0.29, 0.717) is 11.1 Å². The lowest BCUT2D eigenvalue weighted by atomic mass is 9.91. The predicted molar refractivity (Wildman–Crippen MR) is 84.3 cm³/mol. The van der Waals surface area contributed by atoms with E-state index in [4.69, 9.17) is 0 Å². The van der Waals surface area contributed by atoms with Crippen LogP contribution in [0.1, 0.15) is 47.2 Å². The number of nitrogens with one attached hydrogen (secondary N) is 2. The van der Waals surface area contributed by atoms with Crippen LogP contribution in [-0.4, -0.2) is 16.8 Å². The van der Waals surface area contributed by atoms with E-state index in [9.17, 15) is 9.59 Å². The molecular weight excluding hydrogens is 278 g/mol. The number of hydrogen-bond donors (Lipinski definition) is 2. The minimum Gasteiger partial charge on any atom is -0.267 e. The Balaban J connectivity index is 2.03. The maximum Gasteiger partial charge on any atom is 0.269 e. The Morgan fingerprint density at radius 3 is 2.09 bits per heavy atom. The maximum atomic E-state index is 12.1. The molecule has 2 rings (SSSR count). The van der Waals surface area contributed by atoms with E-state index in [0.717, 1.165) is 5.69 Å². The summed E-state index contributed by atoms with van der Waals surface area (Å²) in [6, 6.07) is 12.0. The molecule has 0 spiro atoms. The summed E-state index contributed by atoms with van der Waals surface area (Å²) >= 11 is 0. The van der Waals surface area contributed by atoms with Crippen LogP contribution in [0.4, 0.5) is 0 Å². The van der Waals surface area contributed by atoms with Crippen molar-refractivity contribution in [2.45, 2.75) is 26.2 Å². The molecule has 1 heterocycles. The molecule has 2 N–H and O–H groups in total. The lowest BCUT2D eigenvalue weighted by Crippen LogP contribution is -2.41. The molecule has 22 heavy (non-hydrogen) atoms. The van der Waals surface area contributed by atoms with E-state index in [1.165, 1.54) is 0 Å². The van der Waals surface area contributed by atoms with Crippen LogP contribution in [0, 0.1) is 0 Å². The Morgan fingerprint density at radius 1 is 0.909 bits per heavy atom. The summed E-state index contributed by atoms with van der Waals surface area (Å²) < 4.78 is 0. The van der Waals surface area contributed by atoms with Crippen molar-refractivity contribution in [3.63, 3.8) is 0 Å². The number of amides is 2. The molecule has 0 fully saturated rings. The third-order valence-electron chi connectivity index (χ3n) is 3.12. The monoisotopic (exact) mass is 297 g/mol. The summed E-state index contributed by atoms with van der Waals surface area (Å²) in [7, 11) is 0. The van der Waals surface area contributed by atoms with E-state index in [1.54, 1.807) is 42.6 Å². The smallest absolute Gasteiger partial charge is 0.267 e. The topological polar surface area (TPSA) is 71.1 Å². The molecule has 0 aliphatic rings. The summed E-state index contributed by atoms with van der Waals surface area (Å²) in [5.74, 6) is -0.740. The number of pyridine rings is 1. The number of aromatic nitrogens is 1. The first-order valence-electron chi connectivity index (χ1n) is 7.00. The zero-order valence-corrected chi connectivity index (χ0v) is 12.9. The molecule has 0 aliphatic carbocycles. The highest BCUT2D eigenvalue weighted by Gasteiger charge is 2.17. The van der Waals surface area contributed by atoms with Crippen LogP contribution < -0.4 is 10.9 Å². The molecule has 0 radical (unpaired) electrons. The van der Waals surface area contributed by atoms with Crippen molar-refractivity contribution in [1.29, 1.82) is 0 Å². The molecule has 0 unspecified atom stereocenters. The molecular formula is C17H19N3O2. The minimum atomic E-state index is -0.378. The Labute approximate surface area is 129 Å². The van der Waals surface area contributed by atoms with Crippen LogP contribution >= 0.6 is 0 Å². The van der Waals surface area contributed by atoms with Gasteiger partial charge in [-0.1, -0.05) is 39.0 Å². The SMILES string of the molecule is CC(C)(C)c1cc(C(=O)NNC(=O)c2ccccc2)ccn1. The number of hydrogen-bond acceptors (Lipinski definition) is 3. The fraction of sp³-hybridized carbons (Fsp3) is 0.235. The van der Waals surface area contributed by atoms with Gasteiger partial charge in [-0.2, -0.15) is 0 Å². The highest BCUT2D eigenvalue weighted by molar-refractivity contribution is 5.99. The Kier molecular flexibility index (Phi) is 4.56. The largest absolute Gasteiger partial charge is 0.269 e. The lowest BCUT2D eigenvalue weighted by Gasteiger charge is -2.18. The van der Waals surface area contributed by atoms with E-state index >= 15 is 0 Å². The first kappa shape index (κ1) is 15.7. The molecule has 1 aromatic heterocycles. The lowest BCUT2D eigenvalue weighted by molar-refractivity contribution is 0.0846. The molecule has 2 amide bonds. The predicted octanol–water partition coefficient (Wildman–Crippen LogP) is 2.45. The van der Waals surface area contributed by atoms with Crippen molar-refractivity contribution >= 4 is 11.8 Å². The maximum absolute atomic E-state index is 12.1. The van der Waals surface area contributed by atoms with Crippen molar-refractivity contribution in [2.24, 2.45) is 0 Å².